The van der Waals surface area contributed by atoms with E-state index >= 15 is 0 Å². The molecule has 0 N–H and O–H groups in total. The number of rotatable bonds is 3. The summed E-state index contributed by atoms with van der Waals surface area (Å²) >= 11 is 7.64. The minimum atomic E-state index is -0.0498. The molecule has 0 aliphatic heterocycles. The van der Waals surface area contributed by atoms with E-state index in [1.807, 2.05) is 22.6 Å². The molecule has 0 saturated heterocycles. The largest absolute Gasteiger partial charge is 0.298 e. The first-order valence-corrected chi connectivity index (χ1v) is 5.88. The standard InChI is InChI=1S/C9H12ClIN2O/c1-6(2)3-4-13-5-12-8(10)7(11)9(13)14/h5-6H,3-4H2,1-2H3. The molecule has 1 rings (SSSR count). The van der Waals surface area contributed by atoms with Gasteiger partial charge in [-0.1, -0.05) is 25.4 Å². The van der Waals surface area contributed by atoms with Crippen LogP contribution in [0, 0.1) is 9.49 Å². The van der Waals surface area contributed by atoms with Crippen LogP contribution in [0.4, 0.5) is 0 Å². The third-order valence-corrected chi connectivity index (χ3v) is 3.47. The van der Waals surface area contributed by atoms with Crippen molar-refractivity contribution in [2.75, 3.05) is 0 Å². The zero-order valence-corrected chi connectivity index (χ0v) is 11.0. The molecule has 0 spiro atoms. The van der Waals surface area contributed by atoms with Gasteiger partial charge < -0.3 is 0 Å². The Hall–Kier alpha value is -0.100. The Balaban J connectivity index is 2.89. The molecule has 0 fully saturated rings. The second-order valence-corrected chi connectivity index (χ2v) is 4.97. The van der Waals surface area contributed by atoms with Crippen molar-refractivity contribution in [1.29, 1.82) is 0 Å². The van der Waals surface area contributed by atoms with E-state index in [9.17, 15) is 4.79 Å². The first-order chi connectivity index (χ1) is 6.52. The number of halogens is 2. The van der Waals surface area contributed by atoms with E-state index in [4.69, 9.17) is 11.6 Å². The Bertz CT molecular complexity index is 376. The lowest BCUT2D eigenvalue weighted by molar-refractivity contribution is 0.503. The van der Waals surface area contributed by atoms with Crippen molar-refractivity contribution >= 4 is 34.2 Å². The third kappa shape index (κ3) is 2.95. The van der Waals surface area contributed by atoms with Gasteiger partial charge in [0.1, 0.15) is 8.72 Å². The Morgan fingerprint density at radius 2 is 2.29 bits per heavy atom. The molecule has 0 aliphatic rings. The Labute approximate surface area is 102 Å². The van der Waals surface area contributed by atoms with Gasteiger partial charge >= 0.3 is 0 Å². The topological polar surface area (TPSA) is 34.9 Å². The van der Waals surface area contributed by atoms with Gasteiger partial charge in [0.25, 0.3) is 5.56 Å². The first-order valence-electron chi connectivity index (χ1n) is 4.42. The molecule has 1 heterocycles. The number of hydrogen-bond acceptors (Lipinski definition) is 2. The molecule has 14 heavy (non-hydrogen) atoms. The zero-order chi connectivity index (χ0) is 10.7. The molecule has 1 aromatic rings. The molecular formula is C9H12ClIN2O. The van der Waals surface area contributed by atoms with Crippen molar-refractivity contribution < 1.29 is 0 Å². The maximum Gasteiger partial charge on any atom is 0.268 e. The van der Waals surface area contributed by atoms with Gasteiger partial charge in [-0.2, -0.15) is 0 Å². The minimum Gasteiger partial charge on any atom is -0.298 e. The SMILES string of the molecule is CC(C)CCn1cnc(Cl)c(I)c1=O. The highest BCUT2D eigenvalue weighted by molar-refractivity contribution is 14.1. The monoisotopic (exact) mass is 326 g/mol. The van der Waals surface area contributed by atoms with Crippen LogP contribution in [0.1, 0.15) is 20.3 Å². The first kappa shape index (κ1) is 12.0. The summed E-state index contributed by atoms with van der Waals surface area (Å²) < 4.78 is 2.10. The normalized spacial score (nSPS) is 10.9. The van der Waals surface area contributed by atoms with Gasteiger partial charge in [-0.3, -0.25) is 9.36 Å². The molecule has 0 bridgehead atoms. The molecule has 0 unspecified atom stereocenters. The van der Waals surface area contributed by atoms with Gasteiger partial charge in [-0.05, 0) is 34.9 Å². The summed E-state index contributed by atoms with van der Waals surface area (Å²) in [4.78, 5) is 15.6. The molecule has 5 heteroatoms. The Kier molecular flexibility index (Phi) is 4.37. The van der Waals surface area contributed by atoms with Crippen LogP contribution in [0.25, 0.3) is 0 Å². The van der Waals surface area contributed by atoms with E-state index in [1.54, 1.807) is 4.57 Å². The molecule has 1 aromatic heterocycles. The quantitative estimate of drug-likeness (QED) is 0.632. The third-order valence-electron chi connectivity index (χ3n) is 1.89. The van der Waals surface area contributed by atoms with E-state index in [1.165, 1.54) is 6.33 Å². The fourth-order valence-electron chi connectivity index (χ4n) is 1.00. The number of aromatic nitrogens is 2. The maximum absolute atomic E-state index is 11.6. The summed E-state index contributed by atoms with van der Waals surface area (Å²) in [6.45, 7) is 4.95. The average molecular weight is 327 g/mol. The van der Waals surface area contributed by atoms with Gasteiger partial charge in [0, 0.05) is 6.54 Å². The van der Waals surface area contributed by atoms with Crippen LogP contribution in [-0.2, 0) is 6.54 Å². The molecule has 0 saturated carbocycles. The maximum atomic E-state index is 11.6. The molecule has 0 aliphatic carbocycles. The summed E-state index contributed by atoms with van der Waals surface area (Å²) in [5.74, 6) is 0.579. The average Bonchev–Trinajstić information content (AvgIpc) is 2.13. The molecule has 3 nitrogen and oxygen atoms in total. The lowest BCUT2D eigenvalue weighted by Crippen LogP contribution is -2.23. The van der Waals surface area contributed by atoms with Crippen molar-refractivity contribution in [2.45, 2.75) is 26.8 Å². The van der Waals surface area contributed by atoms with E-state index < -0.39 is 0 Å². The summed E-state index contributed by atoms with van der Waals surface area (Å²) in [7, 11) is 0. The Morgan fingerprint density at radius 1 is 1.64 bits per heavy atom. The van der Waals surface area contributed by atoms with Crippen LogP contribution < -0.4 is 5.56 Å². The number of aryl methyl sites for hydroxylation is 1. The molecule has 0 radical (unpaired) electrons. The van der Waals surface area contributed by atoms with Crippen molar-refractivity contribution in [2.24, 2.45) is 5.92 Å². The highest BCUT2D eigenvalue weighted by Gasteiger charge is 2.06. The van der Waals surface area contributed by atoms with E-state index in [-0.39, 0.29) is 10.7 Å². The van der Waals surface area contributed by atoms with Crippen LogP contribution in [0.15, 0.2) is 11.1 Å². The zero-order valence-electron chi connectivity index (χ0n) is 8.13. The molecule has 78 valence electrons. The number of hydrogen-bond donors (Lipinski definition) is 0. The van der Waals surface area contributed by atoms with E-state index in [0.29, 0.717) is 16.0 Å². The smallest absolute Gasteiger partial charge is 0.268 e. The lowest BCUT2D eigenvalue weighted by atomic mass is 10.1. The summed E-state index contributed by atoms with van der Waals surface area (Å²) in [5.41, 5.74) is -0.0498. The van der Waals surface area contributed by atoms with Crippen LogP contribution in [0.2, 0.25) is 5.15 Å². The molecular weight excluding hydrogens is 314 g/mol. The molecule has 0 aromatic carbocycles. The van der Waals surface area contributed by atoms with Gasteiger partial charge in [0.2, 0.25) is 0 Å². The number of nitrogens with zero attached hydrogens (tertiary/aromatic N) is 2. The Morgan fingerprint density at radius 3 is 2.86 bits per heavy atom. The summed E-state index contributed by atoms with van der Waals surface area (Å²) in [6, 6.07) is 0. The highest BCUT2D eigenvalue weighted by Crippen LogP contribution is 2.10. The van der Waals surface area contributed by atoms with Crippen LogP contribution in [-0.4, -0.2) is 9.55 Å². The summed E-state index contributed by atoms with van der Waals surface area (Å²) in [5, 5.41) is 0.288. The van der Waals surface area contributed by atoms with E-state index in [2.05, 4.69) is 18.8 Å². The van der Waals surface area contributed by atoms with Crippen molar-refractivity contribution in [3.8, 4) is 0 Å². The van der Waals surface area contributed by atoms with E-state index in [0.717, 1.165) is 6.42 Å². The van der Waals surface area contributed by atoms with Gasteiger partial charge in [0.15, 0.2) is 0 Å². The molecule has 0 atom stereocenters. The minimum absolute atomic E-state index is 0.0498. The lowest BCUT2D eigenvalue weighted by Gasteiger charge is -2.07. The second-order valence-electron chi connectivity index (χ2n) is 3.53. The van der Waals surface area contributed by atoms with Crippen molar-refractivity contribution in [3.63, 3.8) is 0 Å². The second kappa shape index (κ2) is 5.11. The van der Waals surface area contributed by atoms with Crippen LogP contribution in [0.3, 0.4) is 0 Å². The van der Waals surface area contributed by atoms with Crippen LogP contribution >= 0.6 is 34.2 Å². The van der Waals surface area contributed by atoms with Crippen LogP contribution in [0.5, 0.6) is 0 Å². The highest BCUT2D eigenvalue weighted by atomic mass is 127. The van der Waals surface area contributed by atoms with Gasteiger partial charge in [-0.25, -0.2) is 4.98 Å². The van der Waals surface area contributed by atoms with Crippen molar-refractivity contribution in [1.82, 2.24) is 9.55 Å². The summed E-state index contributed by atoms with van der Waals surface area (Å²) in [6.07, 6.45) is 2.48. The van der Waals surface area contributed by atoms with Gasteiger partial charge in [-0.15, -0.1) is 0 Å². The predicted octanol–water partition coefficient (Wildman–Crippen LogP) is 2.55. The molecule has 0 amide bonds. The van der Waals surface area contributed by atoms with Gasteiger partial charge in [0.05, 0.1) is 6.33 Å². The fraction of sp³-hybridized carbons (Fsp3) is 0.556. The van der Waals surface area contributed by atoms with Crippen molar-refractivity contribution in [3.05, 3.63) is 25.4 Å². The fourth-order valence-corrected chi connectivity index (χ4v) is 1.57. The predicted molar refractivity (Wildman–Crippen MR) is 65.7 cm³/mol.